The number of benzene rings is 2. The second kappa shape index (κ2) is 7.66. The number of aromatic nitrogens is 2. The third kappa shape index (κ3) is 3.61. The summed E-state index contributed by atoms with van der Waals surface area (Å²) in [5, 5.41) is 3.64. The molecule has 0 aliphatic rings. The Bertz CT molecular complexity index is 1130. The van der Waals surface area contributed by atoms with Gasteiger partial charge in [-0.2, -0.15) is 0 Å². The van der Waals surface area contributed by atoms with Crippen LogP contribution in [0.3, 0.4) is 0 Å². The minimum Gasteiger partial charge on any atom is -0.497 e. The first kappa shape index (κ1) is 18.5. The van der Waals surface area contributed by atoms with Gasteiger partial charge in [0.05, 0.1) is 12.8 Å². The molecule has 0 atom stereocenters. The molecule has 0 saturated heterocycles. The van der Waals surface area contributed by atoms with Gasteiger partial charge in [-0.05, 0) is 48.9 Å². The second-order valence-electron chi connectivity index (χ2n) is 6.33. The highest BCUT2D eigenvalue weighted by Gasteiger charge is 2.18. The van der Waals surface area contributed by atoms with Gasteiger partial charge in [0.25, 0.3) is 5.91 Å². The molecule has 0 radical (unpaired) electrons. The Balaban J connectivity index is 1.53. The van der Waals surface area contributed by atoms with E-state index >= 15 is 0 Å². The van der Waals surface area contributed by atoms with E-state index < -0.39 is 0 Å². The van der Waals surface area contributed by atoms with Gasteiger partial charge < -0.3 is 10.1 Å². The van der Waals surface area contributed by atoms with E-state index in [0.717, 1.165) is 33.2 Å². The number of halogens is 1. The standard InChI is InChI=1S/C21H18ClN3O2S/c1-13-19(20(26)23-11-14-3-7-16(22)8-4-14)28-21-24-18(12-25(13)21)15-5-9-17(27-2)10-6-15/h3-10,12H,11H2,1-2H3,(H,23,26). The van der Waals surface area contributed by atoms with Crippen LogP contribution in [0.25, 0.3) is 16.2 Å². The molecule has 2 heterocycles. The van der Waals surface area contributed by atoms with Gasteiger partial charge in [-0.25, -0.2) is 4.98 Å². The molecule has 142 valence electrons. The summed E-state index contributed by atoms with van der Waals surface area (Å²) in [7, 11) is 1.64. The third-order valence-corrected chi connectivity index (χ3v) is 5.92. The highest BCUT2D eigenvalue weighted by Crippen LogP contribution is 2.28. The zero-order valence-electron chi connectivity index (χ0n) is 15.4. The lowest BCUT2D eigenvalue weighted by Crippen LogP contribution is -2.22. The molecule has 5 nitrogen and oxygen atoms in total. The molecule has 7 heteroatoms. The lowest BCUT2D eigenvalue weighted by molar-refractivity contribution is 0.0954. The number of rotatable bonds is 5. The van der Waals surface area contributed by atoms with Crippen LogP contribution >= 0.6 is 22.9 Å². The van der Waals surface area contributed by atoms with Crippen LogP contribution in [0.4, 0.5) is 0 Å². The zero-order chi connectivity index (χ0) is 19.7. The van der Waals surface area contributed by atoms with Crippen LogP contribution in [0.15, 0.2) is 54.7 Å². The maximum Gasteiger partial charge on any atom is 0.263 e. The fraction of sp³-hybridized carbons (Fsp3) is 0.143. The van der Waals surface area contributed by atoms with Gasteiger partial charge in [-0.15, -0.1) is 0 Å². The monoisotopic (exact) mass is 411 g/mol. The molecule has 0 unspecified atom stereocenters. The van der Waals surface area contributed by atoms with Crippen LogP contribution in [0, 0.1) is 6.92 Å². The fourth-order valence-corrected chi connectivity index (χ4v) is 4.08. The number of hydrogen-bond donors (Lipinski definition) is 1. The number of thiazole rings is 1. The first-order chi connectivity index (χ1) is 13.5. The number of hydrogen-bond acceptors (Lipinski definition) is 4. The van der Waals surface area contributed by atoms with Gasteiger partial charge >= 0.3 is 0 Å². The Hall–Kier alpha value is -2.83. The number of aryl methyl sites for hydroxylation is 1. The molecule has 0 fully saturated rings. The van der Waals surface area contributed by atoms with Gasteiger partial charge in [0.2, 0.25) is 0 Å². The number of fused-ring (bicyclic) bond motifs is 1. The minimum atomic E-state index is -0.103. The van der Waals surface area contributed by atoms with Gasteiger partial charge in [0.1, 0.15) is 10.6 Å². The lowest BCUT2D eigenvalue weighted by atomic mass is 10.2. The molecule has 2 aromatic heterocycles. The van der Waals surface area contributed by atoms with Crippen LogP contribution in [-0.4, -0.2) is 22.4 Å². The fourth-order valence-electron chi connectivity index (χ4n) is 2.93. The molecular formula is C21H18ClN3O2S. The smallest absolute Gasteiger partial charge is 0.263 e. The molecule has 1 N–H and O–H groups in total. The van der Waals surface area contributed by atoms with Crippen LogP contribution < -0.4 is 10.1 Å². The SMILES string of the molecule is COc1ccc(-c2cn3c(C)c(C(=O)NCc4ccc(Cl)cc4)sc3n2)cc1. The summed E-state index contributed by atoms with van der Waals surface area (Å²) >= 11 is 7.28. The van der Waals surface area contributed by atoms with Crippen molar-refractivity contribution in [3.8, 4) is 17.0 Å². The van der Waals surface area contributed by atoms with Gasteiger partial charge in [-0.3, -0.25) is 9.20 Å². The Morgan fingerprint density at radius 3 is 2.54 bits per heavy atom. The van der Waals surface area contributed by atoms with Crippen molar-refractivity contribution in [1.29, 1.82) is 0 Å². The van der Waals surface area contributed by atoms with E-state index in [0.29, 0.717) is 16.4 Å². The molecule has 2 aromatic carbocycles. The molecule has 0 aliphatic heterocycles. The quantitative estimate of drug-likeness (QED) is 0.504. The highest BCUT2D eigenvalue weighted by molar-refractivity contribution is 7.19. The average Bonchev–Trinajstić information content (AvgIpc) is 3.27. The Kier molecular flexibility index (Phi) is 5.07. The molecule has 0 bridgehead atoms. The van der Waals surface area contributed by atoms with Crippen LogP contribution in [-0.2, 0) is 6.54 Å². The van der Waals surface area contributed by atoms with E-state index in [1.165, 1.54) is 11.3 Å². The number of ether oxygens (including phenoxy) is 1. The van der Waals surface area contributed by atoms with Crippen molar-refractivity contribution in [3.63, 3.8) is 0 Å². The summed E-state index contributed by atoms with van der Waals surface area (Å²) in [4.78, 5) is 18.7. The molecule has 0 spiro atoms. The largest absolute Gasteiger partial charge is 0.497 e. The van der Waals surface area contributed by atoms with Crippen LogP contribution in [0.1, 0.15) is 20.9 Å². The van der Waals surface area contributed by atoms with E-state index in [4.69, 9.17) is 16.3 Å². The summed E-state index contributed by atoms with van der Waals surface area (Å²) in [5.74, 6) is 0.703. The van der Waals surface area contributed by atoms with Crippen LogP contribution in [0.2, 0.25) is 5.02 Å². The van der Waals surface area contributed by atoms with Crippen molar-refractivity contribution in [2.75, 3.05) is 7.11 Å². The first-order valence-corrected chi connectivity index (χ1v) is 9.90. The number of imidazole rings is 1. The number of carbonyl (C=O) groups is 1. The first-order valence-electron chi connectivity index (χ1n) is 8.70. The number of nitrogens with one attached hydrogen (secondary N) is 1. The van der Waals surface area contributed by atoms with E-state index in [1.54, 1.807) is 7.11 Å². The van der Waals surface area contributed by atoms with E-state index in [2.05, 4.69) is 10.3 Å². The molecule has 28 heavy (non-hydrogen) atoms. The Morgan fingerprint density at radius 1 is 1.18 bits per heavy atom. The number of nitrogens with zero attached hydrogens (tertiary/aromatic N) is 2. The molecule has 0 saturated carbocycles. The molecular weight excluding hydrogens is 394 g/mol. The predicted molar refractivity (Wildman–Crippen MR) is 112 cm³/mol. The summed E-state index contributed by atoms with van der Waals surface area (Å²) in [6, 6.07) is 15.2. The van der Waals surface area contributed by atoms with Crippen molar-refractivity contribution in [1.82, 2.24) is 14.7 Å². The second-order valence-corrected chi connectivity index (χ2v) is 7.75. The van der Waals surface area contributed by atoms with E-state index in [9.17, 15) is 4.79 Å². The molecule has 0 aliphatic carbocycles. The Labute approximate surface area is 171 Å². The Morgan fingerprint density at radius 2 is 1.89 bits per heavy atom. The summed E-state index contributed by atoms with van der Waals surface area (Å²) in [6.45, 7) is 2.38. The number of amides is 1. The van der Waals surface area contributed by atoms with Crippen molar-refractivity contribution in [2.45, 2.75) is 13.5 Å². The topological polar surface area (TPSA) is 55.6 Å². The maximum atomic E-state index is 12.6. The van der Waals surface area contributed by atoms with Crippen molar-refractivity contribution >= 4 is 33.8 Å². The van der Waals surface area contributed by atoms with Gasteiger partial charge in [-0.1, -0.05) is 35.1 Å². The number of carbonyl (C=O) groups excluding carboxylic acids is 1. The minimum absolute atomic E-state index is 0.103. The zero-order valence-corrected chi connectivity index (χ0v) is 17.0. The van der Waals surface area contributed by atoms with Crippen molar-refractivity contribution in [2.24, 2.45) is 0 Å². The van der Waals surface area contributed by atoms with E-state index in [1.807, 2.05) is 66.1 Å². The molecule has 4 rings (SSSR count). The molecule has 1 amide bonds. The summed E-state index contributed by atoms with van der Waals surface area (Å²) in [6.07, 6.45) is 1.96. The number of methoxy groups -OCH3 is 1. The molecule has 4 aromatic rings. The third-order valence-electron chi connectivity index (χ3n) is 4.52. The average molecular weight is 412 g/mol. The summed E-state index contributed by atoms with van der Waals surface area (Å²) < 4.78 is 7.16. The van der Waals surface area contributed by atoms with Gasteiger partial charge in [0, 0.05) is 29.0 Å². The lowest BCUT2D eigenvalue weighted by Gasteiger charge is -2.05. The van der Waals surface area contributed by atoms with Crippen molar-refractivity contribution in [3.05, 3.63) is 75.9 Å². The highest BCUT2D eigenvalue weighted by atomic mass is 35.5. The summed E-state index contributed by atoms with van der Waals surface area (Å²) in [5.41, 5.74) is 3.74. The van der Waals surface area contributed by atoms with Crippen molar-refractivity contribution < 1.29 is 9.53 Å². The van der Waals surface area contributed by atoms with Gasteiger partial charge in [0.15, 0.2) is 4.96 Å². The normalized spacial score (nSPS) is 11.0. The predicted octanol–water partition coefficient (Wildman–Crippen LogP) is 4.96. The maximum absolute atomic E-state index is 12.6. The van der Waals surface area contributed by atoms with E-state index in [-0.39, 0.29) is 5.91 Å². The van der Waals surface area contributed by atoms with Crippen LogP contribution in [0.5, 0.6) is 5.75 Å².